The number of rotatable bonds is 2. The summed E-state index contributed by atoms with van der Waals surface area (Å²) in [5.74, 6) is 0.478. The zero-order valence-corrected chi connectivity index (χ0v) is 13.2. The summed E-state index contributed by atoms with van der Waals surface area (Å²) in [7, 11) is 0. The summed E-state index contributed by atoms with van der Waals surface area (Å²) in [5, 5.41) is 4.05. The van der Waals surface area contributed by atoms with Crippen LogP contribution in [0.4, 0.5) is 4.39 Å². The van der Waals surface area contributed by atoms with Crippen molar-refractivity contribution in [1.29, 1.82) is 0 Å². The van der Waals surface area contributed by atoms with E-state index in [1.165, 1.54) is 25.0 Å². The standard InChI is InChI=1S/C15H17BrFN3O/c16-12-6-5-10(17)9-11(12)13-19-14(20-21-13)15(18)7-3-1-2-4-8-15/h5-6,9H,1-4,7-8,18H2. The molecule has 0 saturated heterocycles. The fraction of sp³-hybridized carbons (Fsp3) is 0.467. The third-order valence-electron chi connectivity index (χ3n) is 4.03. The lowest BCUT2D eigenvalue weighted by atomic mass is 9.91. The van der Waals surface area contributed by atoms with Crippen LogP contribution in [-0.4, -0.2) is 10.1 Å². The van der Waals surface area contributed by atoms with Crippen LogP contribution in [0.5, 0.6) is 0 Å². The first-order valence-corrected chi connectivity index (χ1v) is 7.96. The molecule has 112 valence electrons. The molecule has 21 heavy (non-hydrogen) atoms. The van der Waals surface area contributed by atoms with Crippen LogP contribution in [0.1, 0.15) is 44.3 Å². The van der Waals surface area contributed by atoms with Crippen molar-refractivity contribution in [2.75, 3.05) is 0 Å². The molecule has 0 bridgehead atoms. The first-order chi connectivity index (χ1) is 10.1. The molecule has 3 rings (SSSR count). The van der Waals surface area contributed by atoms with Gasteiger partial charge in [-0.25, -0.2) is 4.39 Å². The summed E-state index contributed by atoms with van der Waals surface area (Å²) in [4.78, 5) is 4.42. The Balaban J connectivity index is 1.94. The average Bonchev–Trinajstić information content (AvgIpc) is 2.86. The first kappa shape index (κ1) is 14.7. The summed E-state index contributed by atoms with van der Waals surface area (Å²) in [6.45, 7) is 0. The second-order valence-corrected chi connectivity index (χ2v) is 6.47. The molecule has 1 aliphatic carbocycles. The minimum atomic E-state index is -0.530. The predicted octanol–water partition coefficient (Wildman–Crippen LogP) is 4.15. The van der Waals surface area contributed by atoms with Gasteiger partial charge in [0.15, 0.2) is 5.82 Å². The van der Waals surface area contributed by atoms with Crippen molar-refractivity contribution >= 4 is 15.9 Å². The fourth-order valence-electron chi connectivity index (χ4n) is 2.78. The topological polar surface area (TPSA) is 64.9 Å². The van der Waals surface area contributed by atoms with Crippen molar-refractivity contribution in [1.82, 2.24) is 10.1 Å². The molecule has 0 unspecified atom stereocenters. The van der Waals surface area contributed by atoms with Gasteiger partial charge in [-0.2, -0.15) is 4.98 Å². The minimum absolute atomic E-state index is 0.297. The number of hydrogen-bond donors (Lipinski definition) is 1. The Kier molecular flexibility index (Phi) is 4.08. The molecule has 1 fully saturated rings. The molecule has 6 heteroatoms. The second-order valence-electron chi connectivity index (χ2n) is 5.62. The van der Waals surface area contributed by atoms with Crippen LogP contribution in [0.25, 0.3) is 11.5 Å². The van der Waals surface area contributed by atoms with Crippen LogP contribution in [-0.2, 0) is 5.54 Å². The van der Waals surface area contributed by atoms with Gasteiger partial charge in [0.05, 0.1) is 11.1 Å². The Hall–Kier alpha value is -1.27. The van der Waals surface area contributed by atoms with Crippen LogP contribution in [0, 0.1) is 5.82 Å². The lowest BCUT2D eigenvalue weighted by molar-refractivity contribution is 0.334. The Labute approximate surface area is 131 Å². The Morgan fingerprint density at radius 2 is 1.90 bits per heavy atom. The normalized spacial score (nSPS) is 18.4. The molecule has 2 N–H and O–H groups in total. The predicted molar refractivity (Wildman–Crippen MR) is 81.0 cm³/mol. The third-order valence-corrected chi connectivity index (χ3v) is 4.72. The van der Waals surface area contributed by atoms with Gasteiger partial charge < -0.3 is 10.3 Å². The second kappa shape index (κ2) is 5.85. The van der Waals surface area contributed by atoms with E-state index in [-0.39, 0.29) is 5.82 Å². The van der Waals surface area contributed by atoms with Crippen molar-refractivity contribution in [2.24, 2.45) is 5.73 Å². The molecule has 1 heterocycles. The van der Waals surface area contributed by atoms with Gasteiger partial charge in [-0.1, -0.05) is 30.8 Å². The molecule has 2 aromatic rings. The number of nitrogens with two attached hydrogens (primary N) is 1. The van der Waals surface area contributed by atoms with Crippen LogP contribution in [0.3, 0.4) is 0 Å². The monoisotopic (exact) mass is 353 g/mol. The number of aromatic nitrogens is 2. The molecule has 1 saturated carbocycles. The average molecular weight is 354 g/mol. The van der Waals surface area contributed by atoms with E-state index in [1.54, 1.807) is 6.07 Å². The van der Waals surface area contributed by atoms with Gasteiger partial charge in [0.2, 0.25) is 0 Å². The van der Waals surface area contributed by atoms with Crippen LogP contribution in [0.15, 0.2) is 27.2 Å². The third kappa shape index (κ3) is 3.01. The van der Waals surface area contributed by atoms with Gasteiger partial charge in [-0.3, -0.25) is 0 Å². The maximum Gasteiger partial charge on any atom is 0.259 e. The number of benzene rings is 1. The fourth-order valence-corrected chi connectivity index (χ4v) is 3.20. The smallest absolute Gasteiger partial charge is 0.259 e. The highest BCUT2D eigenvalue weighted by atomic mass is 79.9. The molecule has 1 aromatic heterocycles. The van der Waals surface area contributed by atoms with Crippen LogP contribution < -0.4 is 5.73 Å². The molecule has 1 aliphatic rings. The zero-order valence-electron chi connectivity index (χ0n) is 11.6. The first-order valence-electron chi connectivity index (χ1n) is 7.17. The minimum Gasteiger partial charge on any atom is -0.334 e. The summed E-state index contributed by atoms with van der Waals surface area (Å²) in [6.07, 6.45) is 6.25. The highest BCUT2D eigenvalue weighted by Gasteiger charge is 2.33. The van der Waals surface area contributed by atoms with Gasteiger partial charge in [0, 0.05) is 4.47 Å². The van der Waals surface area contributed by atoms with E-state index < -0.39 is 5.54 Å². The molecule has 0 spiro atoms. The van der Waals surface area contributed by atoms with E-state index in [0.29, 0.717) is 21.8 Å². The molecule has 4 nitrogen and oxygen atoms in total. The van der Waals surface area contributed by atoms with Crippen LogP contribution in [0.2, 0.25) is 0 Å². The SMILES string of the molecule is NC1(c2noc(-c3cc(F)ccc3Br)n2)CCCCCC1. The number of nitrogens with zero attached hydrogens (tertiary/aromatic N) is 2. The maximum atomic E-state index is 13.4. The van der Waals surface area contributed by atoms with Crippen molar-refractivity contribution < 1.29 is 8.91 Å². The molecule has 0 radical (unpaired) electrons. The lowest BCUT2D eigenvalue weighted by Crippen LogP contribution is -2.37. The lowest BCUT2D eigenvalue weighted by Gasteiger charge is -2.23. The largest absolute Gasteiger partial charge is 0.334 e. The van der Waals surface area contributed by atoms with Crippen molar-refractivity contribution in [3.63, 3.8) is 0 Å². The van der Waals surface area contributed by atoms with E-state index in [4.69, 9.17) is 10.3 Å². The van der Waals surface area contributed by atoms with Gasteiger partial charge in [0.25, 0.3) is 5.89 Å². The Morgan fingerprint density at radius 1 is 1.19 bits per heavy atom. The number of hydrogen-bond acceptors (Lipinski definition) is 4. The van der Waals surface area contributed by atoms with Crippen molar-refractivity contribution in [2.45, 2.75) is 44.1 Å². The van der Waals surface area contributed by atoms with Gasteiger partial charge in [-0.15, -0.1) is 0 Å². The van der Waals surface area contributed by atoms with Gasteiger partial charge >= 0.3 is 0 Å². The van der Waals surface area contributed by atoms with Gasteiger partial charge in [0.1, 0.15) is 5.82 Å². The summed E-state index contributed by atoms with van der Waals surface area (Å²) in [6, 6.07) is 4.37. The summed E-state index contributed by atoms with van der Waals surface area (Å²) in [5.41, 5.74) is 6.49. The van der Waals surface area contributed by atoms with E-state index in [2.05, 4.69) is 26.1 Å². The van der Waals surface area contributed by atoms with E-state index >= 15 is 0 Å². The van der Waals surface area contributed by atoms with Crippen molar-refractivity contribution in [3.8, 4) is 11.5 Å². The molecule has 0 aliphatic heterocycles. The molecule has 0 atom stereocenters. The Morgan fingerprint density at radius 3 is 2.62 bits per heavy atom. The molecule has 1 aromatic carbocycles. The molecule has 0 amide bonds. The number of halogens is 2. The summed E-state index contributed by atoms with van der Waals surface area (Å²) >= 11 is 3.37. The molecular weight excluding hydrogens is 337 g/mol. The van der Waals surface area contributed by atoms with E-state index in [0.717, 1.165) is 25.7 Å². The summed E-state index contributed by atoms with van der Waals surface area (Å²) < 4.78 is 19.4. The van der Waals surface area contributed by atoms with Gasteiger partial charge in [-0.05, 0) is 47.0 Å². The quantitative estimate of drug-likeness (QED) is 0.823. The van der Waals surface area contributed by atoms with E-state index in [9.17, 15) is 4.39 Å². The van der Waals surface area contributed by atoms with E-state index in [1.807, 2.05) is 0 Å². The highest BCUT2D eigenvalue weighted by molar-refractivity contribution is 9.10. The highest BCUT2D eigenvalue weighted by Crippen LogP contribution is 2.34. The zero-order chi connectivity index (χ0) is 14.9. The maximum absolute atomic E-state index is 13.4. The van der Waals surface area contributed by atoms with Crippen molar-refractivity contribution in [3.05, 3.63) is 34.3 Å². The van der Waals surface area contributed by atoms with Crippen LogP contribution >= 0.6 is 15.9 Å². The molecular formula is C15H17BrFN3O. The Bertz CT molecular complexity index is 636.